The summed E-state index contributed by atoms with van der Waals surface area (Å²) in [5, 5.41) is 0. The number of rotatable bonds is 1. The quantitative estimate of drug-likeness (QED) is 0.634. The topological polar surface area (TPSA) is 31.2 Å². The van der Waals surface area contributed by atoms with E-state index in [1.165, 1.54) is 4.73 Å². The molecule has 0 bridgehead atoms. The molecule has 0 fully saturated rings. The lowest BCUT2D eigenvalue weighted by Crippen LogP contribution is -2.30. The molecule has 0 spiro atoms. The van der Waals surface area contributed by atoms with Crippen molar-refractivity contribution in [1.82, 2.24) is 4.73 Å². The van der Waals surface area contributed by atoms with Crippen LogP contribution in [0.25, 0.3) is 0 Å². The first-order chi connectivity index (χ1) is 5.50. The van der Waals surface area contributed by atoms with Gasteiger partial charge in [0.25, 0.3) is 0 Å². The number of carbonyl (C=O) groups excluding carboxylic acids is 1. The summed E-state index contributed by atoms with van der Waals surface area (Å²) in [5.74, 6) is -0.237. The largest absolute Gasteiger partial charge is 0.338 e. The molecule has 66 valence electrons. The van der Waals surface area contributed by atoms with E-state index in [0.717, 1.165) is 0 Å². The van der Waals surface area contributed by atoms with Crippen molar-refractivity contribution >= 4 is 5.97 Å². The molecule has 0 aliphatic heterocycles. The van der Waals surface area contributed by atoms with Crippen LogP contribution < -0.4 is 4.84 Å². The molecule has 0 saturated heterocycles. The van der Waals surface area contributed by atoms with E-state index in [0.29, 0.717) is 0 Å². The number of carbonyl (C=O) groups is 1. The van der Waals surface area contributed by atoms with Crippen LogP contribution in [-0.2, 0) is 4.79 Å². The van der Waals surface area contributed by atoms with Crippen molar-refractivity contribution in [2.75, 3.05) is 0 Å². The number of nitrogens with zero attached hydrogens (tertiary/aromatic N) is 1. The summed E-state index contributed by atoms with van der Waals surface area (Å²) < 4.78 is 1.40. The lowest BCUT2D eigenvalue weighted by Gasteiger charge is -2.15. The maximum atomic E-state index is 11.3. The van der Waals surface area contributed by atoms with Gasteiger partial charge in [0.2, 0.25) is 0 Å². The van der Waals surface area contributed by atoms with Gasteiger partial charge in [0, 0.05) is 12.4 Å². The van der Waals surface area contributed by atoms with Crippen molar-refractivity contribution in [2.24, 2.45) is 5.41 Å². The van der Waals surface area contributed by atoms with Gasteiger partial charge in [-0.3, -0.25) is 0 Å². The highest BCUT2D eigenvalue weighted by Gasteiger charge is 2.23. The molecule has 0 radical (unpaired) electrons. The fraction of sp³-hybridized carbons (Fsp3) is 0.444. The van der Waals surface area contributed by atoms with E-state index in [1.807, 2.05) is 20.8 Å². The predicted octanol–water partition coefficient (Wildman–Crippen LogP) is 1.49. The Bertz CT molecular complexity index is 257. The first-order valence-corrected chi connectivity index (χ1v) is 3.86. The fourth-order valence-corrected chi connectivity index (χ4v) is 0.612. The van der Waals surface area contributed by atoms with Crippen LogP contribution in [0.15, 0.2) is 24.5 Å². The third-order valence-corrected chi connectivity index (χ3v) is 1.38. The van der Waals surface area contributed by atoms with E-state index in [-0.39, 0.29) is 5.97 Å². The molecule has 1 aromatic rings. The molecule has 0 aliphatic carbocycles. The van der Waals surface area contributed by atoms with E-state index in [2.05, 4.69) is 0 Å². The second-order valence-electron chi connectivity index (χ2n) is 3.67. The number of aromatic nitrogens is 1. The van der Waals surface area contributed by atoms with Crippen LogP contribution in [0.5, 0.6) is 0 Å². The van der Waals surface area contributed by atoms with Crippen molar-refractivity contribution < 1.29 is 9.63 Å². The molecule has 1 aromatic heterocycles. The van der Waals surface area contributed by atoms with E-state index >= 15 is 0 Å². The molecule has 12 heavy (non-hydrogen) atoms. The Morgan fingerprint density at radius 1 is 1.25 bits per heavy atom. The number of hydrogen-bond acceptors (Lipinski definition) is 2. The first-order valence-electron chi connectivity index (χ1n) is 3.86. The zero-order valence-corrected chi connectivity index (χ0v) is 7.57. The summed E-state index contributed by atoms with van der Waals surface area (Å²) in [5.41, 5.74) is -0.454. The van der Waals surface area contributed by atoms with Crippen molar-refractivity contribution in [3.05, 3.63) is 24.5 Å². The van der Waals surface area contributed by atoms with E-state index < -0.39 is 5.41 Å². The minimum Gasteiger partial charge on any atom is -0.337 e. The normalized spacial score (nSPS) is 11.2. The average Bonchev–Trinajstić information content (AvgIpc) is 2.37. The van der Waals surface area contributed by atoms with Gasteiger partial charge in [0.15, 0.2) is 0 Å². The molecule has 0 unspecified atom stereocenters. The van der Waals surface area contributed by atoms with Crippen LogP contribution >= 0.6 is 0 Å². The third-order valence-electron chi connectivity index (χ3n) is 1.38. The molecule has 3 heteroatoms. The summed E-state index contributed by atoms with van der Waals surface area (Å²) in [4.78, 5) is 16.3. The van der Waals surface area contributed by atoms with Crippen molar-refractivity contribution in [2.45, 2.75) is 20.8 Å². The molecule has 1 heterocycles. The number of hydrogen-bond donors (Lipinski definition) is 0. The highest BCUT2D eigenvalue weighted by Crippen LogP contribution is 2.13. The summed E-state index contributed by atoms with van der Waals surface area (Å²) in [6, 6.07) is 3.60. The Balaban J connectivity index is 2.60. The van der Waals surface area contributed by atoms with Gasteiger partial charge in [-0.1, -0.05) is 0 Å². The summed E-state index contributed by atoms with van der Waals surface area (Å²) in [6.07, 6.45) is 3.37. The van der Waals surface area contributed by atoms with Gasteiger partial charge in [-0.15, -0.1) is 0 Å². The molecule has 0 atom stereocenters. The van der Waals surface area contributed by atoms with E-state index in [9.17, 15) is 4.79 Å². The van der Waals surface area contributed by atoms with Crippen LogP contribution in [0.2, 0.25) is 0 Å². The third kappa shape index (κ3) is 2.12. The Morgan fingerprint density at radius 3 is 2.17 bits per heavy atom. The summed E-state index contributed by atoms with van der Waals surface area (Å²) in [6.45, 7) is 5.45. The second kappa shape index (κ2) is 3.01. The fourth-order valence-electron chi connectivity index (χ4n) is 0.612. The molecule has 0 N–H and O–H groups in total. The van der Waals surface area contributed by atoms with Gasteiger partial charge in [-0.25, -0.2) is 4.79 Å². The van der Waals surface area contributed by atoms with Crippen molar-refractivity contribution in [1.29, 1.82) is 0 Å². The van der Waals surface area contributed by atoms with Crippen LogP contribution in [0.3, 0.4) is 0 Å². The summed E-state index contributed by atoms with van der Waals surface area (Å²) in [7, 11) is 0. The molecule has 3 nitrogen and oxygen atoms in total. The van der Waals surface area contributed by atoms with Gasteiger partial charge in [0.1, 0.15) is 0 Å². The minimum absolute atomic E-state index is 0.237. The smallest absolute Gasteiger partial charge is 0.337 e. The van der Waals surface area contributed by atoms with Gasteiger partial charge < -0.3 is 4.84 Å². The SMILES string of the molecule is CC(C)(C)C(=O)On1cccc1. The Hall–Kier alpha value is -1.25. The average molecular weight is 167 g/mol. The predicted molar refractivity (Wildman–Crippen MR) is 45.5 cm³/mol. The lowest BCUT2D eigenvalue weighted by atomic mass is 9.98. The van der Waals surface area contributed by atoms with Crippen molar-refractivity contribution in [3.63, 3.8) is 0 Å². The Morgan fingerprint density at radius 2 is 1.75 bits per heavy atom. The standard InChI is InChI=1S/C9H13NO2/c1-9(2,3)8(11)12-10-6-4-5-7-10/h4-7H,1-3H3. The second-order valence-corrected chi connectivity index (χ2v) is 3.67. The molecule has 1 rings (SSSR count). The van der Waals surface area contributed by atoms with Crippen LogP contribution in [-0.4, -0.2) is 10.7 Å². The zero-order valence-electron chi connectivity index (χ0n) is 7.57. The Labute approximate surface area is 71.9 Å². The highest BCUT2D eigenvalue weighted by atomic mass is 16.7. The minimum atomic E-state index is -0.454. The van der Waals surface area contributed by atoms with Gasteiger partial charge in [-0.2, -0.15) is 4.73 Å². The molecular weight excluding hydrogens is 154 g/mol. The van der Waals surface area contributed by atoms with Gasteiger partial charge in [0.05, 0.1) is 5.41 Å². The molecule has 0 aliphatic rings. The van der Waals surface area contributed by atoms with Gasteiger partial charge in [-0.05, 0) is 32.9 Å². The molecule has 0 aromatic carbocycles. The van der Waals surface area contributed by atoms with Crippen LogP contribution in [0.1, 0.15) is 20.8 Å². The van der Waals surface area contributed by atoms with Gasteiger partial charge >= 0.3 is 5.97 Å². The first kappa shape index (κ1) is 8.84. The maximum Gasteiger partial charge on any atom is 0.338 e. The lowest BCUT2D eigenvalue weighted by molar-refractivity contribution is -0.153. The zero-order chi connectivity index (χ0) is 9.19. The van der Waals surface area contributed by atoms with Crippen molar-refractivity contribution in [3.8, 4) is 0 Å². The summed E-state index contributed by atoms with van der Waals surface area (Å²) >= 11 is 0. The molecular formula is C9H13NO2. The Kier molecular flexibility index (Phi) is 2.22. The molecule has 0 saturated carbocycles. The van der Waals surface area contributed by atoms with Crippen LogP contribution in [0.4, 0.5) is 0 Å². The molecule has 0 amide bonds. The van der Waals surface area contributed by atoms with E-state index in [1.54, 1.807) is 24.5 Å². The maximum absolute atomic E-state index is 11.3. The highest BCUT2D eigenvalue weighted by molar-refractivity contribution is 5.75. The monoisotopic (exact) mass is 167 g/mol. The van der Waals surface area contributed by atoms with Crippen LogP contribution in [0, 0.1) is 5.41 Å². The van der Waals surface area contributed by atoms with E-state index in [4.69, 9.17) is 4.84 Å².